The summed E-state index contributed by atoms with van der Waals surface area (Å²) in [4.78, 5) is 36.5. The Balaban J connectivity index is 1.45. The van der Waals surface area contributed by atoms with Gasteiger partial charge in [-0.2, -0.15) is 0 Å². The first-order valence-corrected chi connectivity index (χ1v) is 10.8. The predicted molar refractivity (Wildman–Crippen MR) is 117 cm³/mol. The average molecular weight is 461 g/mol. The van der Waals surface area contributed by atoms with Crippen molar-refractivity contribution in [3.8, 4) is 5.75 Å². The van der Waals surface area contributed by atoms with Crippen molar-refractivity contribution in [2.45, 2.75) is 38.6 Å². The van der Waals surface area contributed by atoms with E-state index in [0.717, 1.165) is 16.9 Å². The summed E-state index contributed by atoms with van der Waals surface area (Å²) in [7, 11) is 0. The van der Waals surface area contributed by atoms with Crippen molar-refractivity contribution in [2.24, 2.45) is 5.41 Å². The molecule has 0 aromatic heterocycles. The number of benzene rings is 2. The Kier molecular flexibility index (Phi) is 5.95. The van der Waals surface area contributed by atoms with E-state index in [2.05, 4.69) is 10.6 Å². The number of carbonyl (C=O) groups excluding carboxylic acids is 3. The van der Waals surface area contributed by atoms with E-state index in [0.29, 0.717) is 35.1 Å². The van der Waals surface area contributed by atoms with Gasteiger partial charge in [0.05, 0.1) is 11.3 Å². The molecule has 1 fully saturated rings. The number of piperidine rings is 1. The molecule has 0 aliphatic carbocycles. The van der Waals surface area contributed by atoms with Crippen LogP contribution in [0.5, 0.6) is 5.75 Å². The molecular formula is C23H22Cl2N2O4. The van der Waals surface area contributed by atoms with Gasteiger partial charge in [-0.15, -0.1) is 0 Å². The fourth-order valence-electron chi connectivity index (χ4n) is 4.08. The highest BCUT2D eigenvalue weighted by Crippen LogP contribution is 2.37. The summed E-state index contributed by atoms with van der Waals surface area (Å²) in [5.74, 6) is -0.569. The van der Waals surface area contributed by atoms with Crippen molar-refractivity contribution in [1.82, 2.24) is 10.6 Å². The highest BCUT2D eigenvalue weighted by Gasteiger charge is 2.38. The van der Waals surface area contributed by atoms with Crippen LogP contribution in [0.25, 0.3) is 0 Å². The second kappa shape index (κ2) is 8.52. The normalized spacial score (nSPS) is 22.9. The van der Waals surface area contributed by atoms with Gasteiger partial charge in [-0.1, -0.05) is 41.4 Å². The van der Waals surface area contributed by atoms with E-state index in [9.17, 15) is 14.4 Å². The highest BCUT2D eigenvalue weighted by molar-refractivity contribution is 6.36. The molecule has 1 saturated heterocycles. The Bertz CT molecular complexity index is 1050. The summed E-state index contributed by atoms with van der Waals surface area (Å²) < 4.78 is 5.79. The monoisotopic (exact) mass is 460 g/mol. The van der Waals surface area contributed by atoms with Gasteiger partial charge in [0.2, 0.25) is 17.7 Å². The molecule has 8 heteroatoms. The number of carbonyl (C=O) groups is 3. The van der Waals surface area contributed by atoms with Gasteiger partial charge in [0.25, 0.3) is 0 Å². The lowest BCUT2D eigenvalue weighted by atomic mass is 9.81. The minimum absolute atomic E-state index is 0.122. The van der Waals surface area contributed by atoms with Gasteiger partial charge in [-0.25, -0.2) is 0 Å². The summed E-state index contributed by atoms with van der Waals surface area (Å²) in [5.41, 5.74) is 1.55. The molecule has 3 amide bonds. The molecule has 2 aromatic rings. The van der Waals surface area contributed by atoms with E-state index in [4.69, 9.17) is 27.9 Å². The minimum atomic E-state index is -0.686. The zero-order valence-corrected chi connectivity index (χ0v) is 18.5. The zero-order valence-electron chi connectivity index (χ0n) is 17.0. The number of rotatable bonds is 4. The smallest absolute Gasteiger partial charge is 0.234 e. The standard InChI is InChI=1S/C23H22Cl2N2O4/c1-23(10-14-4-2-3-5-18(14)31-12-23)22(30)26-11-13-8-16(24)20(17(25)9-13)15-6-7-19(28)27-21(15)29/h2-5,8-9,15H,6-7,10-12H2,1H3,(H,26,30)(H,27,28,29). The van der Waals surface area contributed by atoms with Crippen molar-refractivity contribution in [3.63, 3.8) is 0 Å². The molecule has 0 saturated carbocycles. The lowest BCUT2D eigenvalue weighted by molar-refractivity contribution is -0.134. The maximum absolute atomic E-state index is 12.9. The molecule has 2 heterocycles. The van der Waals surface area contributed by atoms with Crippen LogP contribution in [-0.4, -0.2) is 24.3 Å². The van der Waals surface area contributed by atoms with Gasteiger partial charge in [0.1, 0.15) is 12.4 Å². The maximum Gasteiger partial charge on any atom is 0.234 e. The lowest BCUT2D eigenvalue weighted by Crippen LogP contribution is -2.46. The summed E-state index contributed by atoms with van der Waals surface area (Å²) >= 11 is 12.9. The van der Waals surface area contributed by atoms with Crippen LogP contribution < -0.4 is 15.4 Å². The van der Waals surface area contributed by atoms with E-state index in [1.54, 1.807) is 12.1 Å². The molecule has 0 spiro atoms. The van der Waals surface area contributed by atoms with Crippen LogP contribution in [0.15, 0.2) is 36.4 Å². The van der Waals surface area contributed by atoms with Crippen LogP contribution in [-0.2, 0) is 27.3 Å². The van der Waals surface area contributed by atoms with Crippen LogP contribution in [0.3, 0.4) is 0 Å². The number of amides is 3. The lowest BCUT2D eigenvalue weighted by Gasteiger charge is -2.33. The Morgan fingerprint density at radius 1 is 1.23 bits per heavy atom. The number of para-hydroxylation sites is 1. The van der Waals surface area contributed by atoms with Crippen molar-refractivity contribution >= 4 is 40.9 Å². The van der Waals surface area contributed by atoms with Crippen LogP contribution in [0.1, 0.15) is 42.4 Å². The van der Waals surface area contributed by atoms with Crippen LogP contribution in [0, 0.1) is 5.41 Å². The topological polar surface area (TPSA) is 84.5 Å². The van der Waals surface area contributed by atoms with Gasteiger partial charge in [-0.3, -0.25) is 19.7 Å². The van der Waals surface area contributed by atoms with Crippen molar-refractivity contribution < 1.29 is 19.1 Å². The molecular weight excluding hydrogens is 439 g/mol. The predicted octanol–water partition coefficient (Wildman–Crippen LogP) is 3.77. The third-order valence-electron chi connectivity index (χ3n) is 5.83. The number of hydrogen-bond donors (Lipinski definition) is 2. The second-order valence-corrected chi connectivity index (χ2v) is 9.11. The van der Waals surface area contributed by atoms with E-state index in [1.165, 1.54) is 0 Å². The molecule has 2 aromatic carbocycles. The Labute approximate surface area is 190 Å². The first-order valence-electron chi connectivity index (χ1n) is 10.1. The Hall–Kier alpha value is -2.57. The Morgan fingerprint density at radius 2 is 1.94 bits per heavy atom. The number of fused-ring (bicyclic) bond motifs is 1. The number of imide groups is 1. The van der Waals surface area contributed by atoms with E-state index >= 15 is 0 Å². The number of hydrogen-bond acceptors (Lipinski definition) is 4. The molecule has 4 rings (SSSR count). The molecule has 0 radical (unpaired) electrons. The molecule has 2 unspecified atom stereocenters. The van der Waals surface area contributed by atoms with E-state index in [1.807, 2.05) is 31.2 Å². The quantitative estimate of drug-likeness (QED) is 0.679. The van der Waals surface area contributed by atoms with Crippen LogP contribution in [0.4, 0.5) is 0 Å². The average Bonchev–Trinajstić information content (AvgIpc) is 2.73. The summed E-state index contributed by atoms with van der Waals surface area (Å²) in [5, 5.41) is 5.95. The number of ether oxygens (including phenoxy) is 1. The SMILES string of the molecule is CC1(C(=O)NCc2cc(Cl)c(C3CCC(=O)NC3=O)c(Cl)c2)COc2ccccc2C1. The molecule has 0 bridgehead atoms. The van der Waals surface area contributed by atoms with E-state index in [-0.39, 0.29) is 24.8 Å². The van der Waals surface area contributed by atoms with Gasteiger partial charge in [-0.05, 0) is 49.1 Å². The maximum atomic E-state index is 12.9. The Morgan fingerprint density at radius 3 is 2.65 bits per heavy atom. The third kappa shape index (κ3) is 4.41. The first-order chi connectivity index (χ1) is 14.8. The molecule has 2 atom stereocenters. The molecule has 162 valence electrons. The second-order valence-electron chi connectivity index (χ2n) is 8.29. The van der Waals surface area contributed by atoms with Crippen LogP contribution >= 0.6 is 23.2 Å². The molecule has 2 N–H and O–H groups in total. The third-order valence-corrected chi connectivity index (χ3v) is 6.45. The van der Waals surface area contributed by atoms with Gasteiger partial charge < -0.3 is 10.1 Å². The summed E-state index contributed by atoms with van der Waals surface area (Å²) in [6.07, 6.45) is 1.19. The molecule has 2 aliphatic rings. The fraction of sp³-hybridized carbons (Fsp3) is 0.348. The van der Waals surface area contributed by atoms with Gasteiger partial charge in [0, 0.05) is 28.6 Å². The molecule has 2 aliphatic heterocycles. The summed E-state index contributed by atoms with van der Waals surface area (Å²) in [6.45, 7) is 2.42. The molecule has 6 nitrogen and oxygen atoms in total. The number of halogens is 2. The largest absolute Gasteiger partial charge is 0.492 e. The van der Waals surface area contributed by atoms with E-state index < -0.39 is 17.2 Å². The van der Waals surface area contributed by atoms with Crippen molar-refractivity contribution in [3.05, 3.63) is 63.1 Å². The molecule has 31 heavy (non-hydrogen) atoms. The minimum Gasteiger partial charge on any atom is -0.492 e. The fourth-order valence-corrected chi connectivity index (χ4v) is 4.88. The van der Waals surface area contributed by atoms with Gasteiger partial charge >= 0.3 is 0 Å². The summed E-state index contributed by atoms with van der Waals surface area (Å²) in [6, 6.07) is 11.1. The highest BCUT2D eigenvalue weighted by atomic mass is 35.5. The van der Waals surface area contributed by atoms with Crippen molar-refractivity contribution in [2.75, 3.05) is 6.61 Å². The van der Waals surface area contributed by atoms with Crippen LogP contribution in [0.2, 0.25) is 10.0 Å². The zero-order chi connectivity index (χ0) is 22.2. The first kappa shape index (κ1) is 21.7. The number of nitrogens with one attached hydrogen (secondary N) is 2. The van der Waals surface area contributed by atoms with Crippen molar-refractivity contribution in [1.29, 1.82) is 0 Å². The van der Waals surface area contributed by atoms with Gasteiger partial charge in [0.15, 0.2) is 0 Å².